The zero-order valence-electron chi connectivity index (χ0n) is 20.9. The van der Waals surface area contributed by atoms with E-state index in [1.165, 1.54) is 17.3 Å². The fourth-order valence-electron chi connectivity index (χ4n) is 3.76. The Hall–Kier alpha value is -3.25. The van der Waals surface area contributed by atoms with Crippen molar-refractivity contribution in [1.29, 1.82) is 0 Å². The van der Waals surface area contributed by atoms with Gasteiger partial charge in [0.05, 0.1) is 12.9 Å². The summed E-state index contributed by atoms with van der Waals surface area (Å²) < 4.78 is 5.38. The number of carbonyl (C=O) groups is 2. The molecule has 3 aromatic carbocycles. The van der Waals surface area contributed by atoms with Crippen LogP contribution in [0.4, 0.5) is 0 Å². The molecule has 0 saturated heterocycles. The van der Waals surface area contributed by atoms with Crippen LogP contribution in [0.3, 0.4) is 0 Å². The highest BCUT2D eigenvalue weighted by atomic mass is 32.2. The number of methoxy groups -OCH3 is 1. The van der Waals surface area contributed by atoms with Gasteiger partial charge in [0.25, 0.3) is 0 Å². The minimum atomic E-state index is -0.642. The Morgan fingerprint density at radius 2 is 1.63 bits per heavy atom. The molecular weight excluding hydrogens is 456 g/mol. The van der Waals surface area contributed by atoms with Gasteiger partial charge in [-0.2, -0.15) is 0 Å². The number of hydrogen-bond acceptors (Lipinski definition) is 4. The lowest BCUT2D eigenvalue weighted by molar-refractivity contribution is -0.139. The zero-order chi connectivity index (χ0) is 25.2. The first kappa shape index (κ1) is 26.4. The minimum absolute atomic E-state index is 0.0310. The van der Waals surface area contributed by atoms with Crippen molar-refractivity contribution < 1.29 is 14.3 Å². The van der Waals surface area contributed by atoms with Crippen LogP contribution in [0, 0.1) is 6.92 Å². The lowest BCUT2D eigenvalue weighted by Crippen LogP contribution is -2.52. The molecule has 0 radical (unpaired) electrons. The molecule has 1 atom stereocenters. The van der Waals surface area contributed by atoms with Gasteiger partial charge in [-0.15, -0.1) is 11.8 Å². The Balaban J connectivity index is 1.91. The van der Waals surface area contributed by atoms with Crippen LogP contribution in [0.5, 0.6) is 5.75 Å². The maximum atomic E-state index is 13.7. The van der Waals surface area contributed by atoms with E-state index in [1.54, 1.807) is 12.0 Å². The molecule has 3 aromatic rings. The number of ether oxygens (including phenoxy) is 1. The second-order valence-corrected chi connectivity index (χ2v) is 9.89. The molecule has 0 aliphatic carbocycles. The molecule has 1 N–H and O–H groups in total. The molecule has 0 spiro atoms. The molecule has 3 rings (SSSR count). The lowest BCUT2D eigenvalue weighted by atomic mass is 10.0. The number of aryl methyl sites for hydroxylation is 1. The highest BCUT2D eigenvalue weighted by Gasteiger charge is 2.30. The molecule has 0 fully saturated rings. The van der Waals surface area contributed by atoms with Crippen LogP contribution < -0.4 is 10.1 Å². The Labute approximate surface area is 212 Å². The van der Waals surface area contributed by atoms with Crippen LogP contribution in [0.15, 0.2) is 83.8 Å². The highest BCUT2D eigenvalue weighted by molar-refractivity contribution is 8.00. The largest absolute Gasteiger partial charge is 0.497 e. The van der Waals surface area contributed by atoms with Crippen molar-refractivity contribution in [2.75, 3.05) is 12.9 Å². The lowest BCUT2D eigenvalue weighted by Gasteiger charge is -2.32. The van der Waals surface area contributed by atoms with Crippen molar-refractivity contribution in [3.05, 3.63) is 95.6 Å². The molecule has 0 bridgehead atoms. The summed E-state index contributed by atoms with van der Waals surface area (Å²) in [6, 6.07) is 24.9. The molecule has 0 aromatic heterocycles. The number of nitrogens with zero attached hydrogens (tertiary/aromatic N) is 1. The van der Waals surface area contributed by atoms with Crippen molar-refractivity contribution in [2.24, 2.45) is 0 Å². The second-order valence-electron chi connectivity index (χ2n) is 8.84. The van der Waals surface area contributed by atoms with E-state index in [0.717, 1.165) is 21.8 Å². The normalized spacial score (nSPS) is 11.7. The van der Waals surface area contributed by atoms with E-state index in [0.29, 0.717) is 13.0 Å². The van der Waals surface area contributed by atoms with E-state index < -0.39 is 6.04 Å². The number of amides is 2. The fourth-order valence-corrected chi connectivity index (χ4v) is 4.55. The van der Waals surface area contributed by atoms with Crippen LogP contribution in [0.1, 0.15) is 30.5 Å². The number of carbonyl (C=O) groups excluding carboxylic acids is 2. The van der Waals surface area contributed by atoms with Crippen molar-refractivity contribution in [3.63, 3.8) is 0 Å². The van der Waals surface area contributed by atoms with E-state index in [1.807, 2.05) is 99.6 Å². The Morgan fingerprint density at radius 3 is 2.29 bits per heavy atom. The van der Waals surface area contributed by atoms with Gasteiger partial charge >= 0.3 is 0 Å². The molecule has 0 heterocycles. The minimum Gasteiger partial charge on any atom is -0.497 e. The van der Waals surface area contributed by atoms with Gasteiger partial charge in [-0.05, 0) is 56.2 Å². The van der Waals surface area contributed by atoms with Crippen molar-refractivity contribution in [3.8, 4) is 5.75 Å². The SMILES string of the molecule is COc1cccc(CN(C(=O)CSc2ccc(C)cc2)[C@H](Cc2ccccc2)C(=O)NC(C)C)c1. The number of benzene rings is 3. The topological polar surface area (TPSA) is 58.6 Å². The third kappa shape index (κ3) is 8.18. The molecule has 35 heavy (non-hydrogen) atoms. The van der Waals surface area contributed by atoms with Gasteiger partial charge < -0.3 is 15.0 Å². The van der Waals surface area contributed by atoms with Gasteiger partial charge in [-0.25, -0.2) is 0 Å². The Kier molecular flexibility index (Phi) is 9.79. The number of nitrogens with one attached hydrogen (secondary N) is 1. The number of thioether (sulfide) groups is 1. The van der Waals surface area contributed by atoms with E-state index in [4.69, 9.17) is 4.74 Å². The molecule has 0 aliphatic heterocycles. The Morgan fingerprint density at radius 1 is 0.943 bits per heavy atom. The van der Waals surface area contributed by atoms with Crippen LogP contribution in [-0.2, 0) is 22.6 Å². The standard InChI is InChI=1S/C29H34N2O3S/c1-21(2)30-29(33)27(18-23-9-6-5-7-10-23)31(19-24-11-8-12-25(17-24)34-4)28(32)20-35-26-15-13-22(3)14-16-26/h5-17,21,27H,18-20H2,1-4H3,(H,30,33)/t27-/m1/s1. The first-order chi connectivity index (χ1) is 16.9. The van der Waals surface area contributed by atoms with Crippen molar-refractivity contribution >= 4 is 23.6 Å². The van der Waals surface area contributed by atoms with Gasteiger partial charge in [0.1, 0.15) is 11.8 Å². The van der Waals surface area contributed by atoms with E-state index >= 15 is 0 Å². The highest BCUT2D eigenvalue weighted by Crippen LogP contribution is 2.22. The van der Waals surface area contributed by atoms with Crippen LogP contribution in [0.25, 0.3) is 0 Å². The van der Waals surface area contributed by atoms with Gasteiger partial charge in [-0.3, -0.25) is 9.59 Å². The summed E-state index contributed by atoms with van der Waals surface area (Å²) in [7, 11) is 1.62. The number of rotatable bonds is 11. The molecule has 0 saturated carbocycles. The van der Waals surface area contributed by atoms with Crippen LogP contribution in [0.2, 0.25) is 0 Å². The third-order valence-electron chi connectivity index (χ3n) is 5.57. The van der Waals surface area contributed by atoms with Crippen LogP contribution >= 0.6 is 11.8 Å². The summed E-state index contributed by atoms with van der Waals surface area (Å²) in [4.78, 5) is 29.8. The van der Waals surface area contributed by atoms with E-state index in [-0.39, 0.29) is 23.6 Å². The summed E-state index contributed by atoms with van der Waals surface area (Å²) in [5.74, 6) is 0.724. The predicted molar refractivity (Wildman–Crippen MR) is 143 cm³/mol. The van der Waals surface area contributed by atoms with E-state index in [9.17, 15) is 9.59 Å². The summed E-state index contributed by atoms with van der Waals surface area (Å²) in [5.41, 5.74) is 3.09. The monoisotopic (exact) mass is 490 g/mol. The summed E-state index contributed by atoms with van der Waals surface area (Å²) in [6.07, 6.45) is 0.435. The smallest absolute Gasteiger partial charge is 0.243 e. The maximum absolute atomic E-state index is 13.7. The van der Waals surface area contributed by atoms with Gasteiger partial charge in [0, 0.05) is 23.9 Å². The average Bonchev–Trinajstić information content (AvgIpc) is 2.86. The first-order valence-electron chi connectivity index (χ1n) is 11.8. The number of hydrogen-bond donors (Lipinski definition) is 1. The van der Waals surface area contributed by atoms with Crippen molar-refractivity contribution in [2.45, 2.75) is 50.7 Å². The molecule has 0 aliphatic rings. The zero-order valence-corrected chi connectivity index (χ0v) is 21.7. The fraction of sp³-hybridized carbons (Fsp3) is 0.310. The molecule has 0 unspecified atom stereocenters. The van der Waals surface area contributed by atoms with Gasteiger partial charge in [-0.1, -0.05) is 60.2 Å². The van der Waals surface area contributed by atoms with Crippen LogP contribution in [-0.4, -0.2) is 41.7 Å². The van der Waals surface area contributed by atoms with Gasteiger partial charge in [0.15, 0.2) is 0 Å². The predicted octanol–water partition coefficient (Wildman–Crippen LogP) is 5.26. The Bertz CT molecular complexity index is 1100. The summed E-state index contributed by atoms with van der Waals surface area (Å²) in [5, 5.41) is 3.02. The summed E-state index contributed by atoms with van der Waals surface area (Å²) >= 11 is 1.49. The molecule has 2 amide bonds. The van der Waals surface area contributed by atoms with Crippen molar-refractivity contribution in [1.82, 2.24) is 10.2 Å². The van der Waals surface area contributed by atoms with E-state index in [2.05, 4.69) is 5.32 Å². The molecule has 5 nitrogen and oxygen atoms in total. The quantitative estimate of drug-likeness (QED) is 0.373. The third-order valence-corrected chi connectivity index (χ3v) is 6.57. The van der Waals surface area contributed by atoms with Gasteiger partial charge in [0.2, 0.25) is 11.8 Å². The first-order valence-corrected chi connectivity index (χ1v) is 12.8. The molecule has 6 heteroatoms. The second kappa shape index (κ2) is 13.0. The summed E-state index contributed by atoms with van der Waals surface area (Å²) in [6.45, 7) is 6.21. The maximum Gasteiger partial charge on any atom is 0.243 e. The average molecular weight is 491 g/mol. The molecule has 184 valence electrons. The molecular formula is C29H34N2O3S.